The van der Waals surface area contributed by atoms with E-state index >= 15 is 0 Å². The second-order valence-corrected chi connectivity index (χ2v) is 1.24. The molecule has 0 saturated carbocycles. The average Bonchev–Trinajstić information content (AvgIpc) is 1.61. The first-order valence-corrected chi connectivity index (χ1v) is 2.02. The van der Waals surface area contributed by atoms with E-state index < -0.39 is 24.8 Å². The van der Waals surface area contributed by atoms with Crippen molar-refractivity contribution in [2.24, 2.45) is 0 Å². The van der Waals surface area contributed by atoms with Gasteiger partial charge in [-0.2, -0.15) is 0 Å². The summed E-state index contributed by atoms with van der Waals surface area (Å²) in [4.78, 5) is 19.0. The van der Waals surface area contributed by atoms with E-state index in [9.17, 15) is 19.8 Å². The van der Waals surface area contributed by atoms with E-state index in [0.29, 0.717) is 0 Å². The SMILES string of the molecule is O.O=C([O-])CCC(=O)[O-].[Na+]. The van der Waals surface area contributed by atoms with Gasteiger partial charge >= 0.3 is 29.6 Å². The van der Waals surface area contributed by atoms with Gasteiger partial charge in [0.05, 0.1) is 0 Å². The molecular formula is C4H6NaO5-. The van der Waals surface area contributed by atoms with Crippen LogP contribution in [-0.4, -0.2) is 17.4 Å². The van der Waals surface area contributed by atoms with E-state index in [0.717, 1.165) is 0 Å². The van der Waals surface area contributed by atoms with E-state index in [1.807, 2.05) is 0 Å². The van der Waals surface area contributed by atoms with Crippen LogP contribution in [0.25, 0.3) is 0 Å². The number of carbonyl (C=O) groups is 2. The minimum absolute atomic E-state index is 0. The molecule has 0 atom stereocenters. The summed E-state index contributed by atoms with van der Waals surface area (Å²) in [6, 6.07) is 0. The summed E-state index contributed by atoms with van der Waals surface area (Å²) >= 11 is 0. The molecule has 0 rings (SSSR count). The van der Waals surface area contributed by atoms with Crippen LogP contribution in [-0.2, 0) is 9.59 Å². The first kappa shape index (κ1) is 16.5. The number of rotatable bonds is 3. The third-order valence-electron chi connectivity index (χ3n) is 0.533. The van der Waals surface area contributed by atoms with Crippen molar-refractivity contribution in [2.45, 2.75) is 12.8 Å². The molecule has 54 valence electrons. The first-order chi connectivity index (χ1) is 3.63. The van der Waals surface area contributed by atoms with Crippen LogP contribution in [0.4, 0.5) is 0 Å². The third-order valence-corrected chi connectivity index (χ3v) is 0.533. The summed E-state index contributed by atoms with van der Waals surface area (Å²) in [5, 5.41) is 19.0. The summed E-state index contributed by atoms with van der Waals surface area (Å²) in [7, 11) is 0. The number of carboxylic acids is 2. The van der Waals surface area contributed by atoms with Crippen molar-refractivity contribution in [1.82, 2.24) is 0 Å². The molecule has 0 unspecified atom stereocenters. The van der Waals surface area contributed by atoms with E-state index in [2.05, 4.69) is 0 Å². The van der Waals surface area contributed by atoms with Crippen LogP contribution in [0.2, 0.25) is 0 Å². The molecule has 0 aromatic rings. The molecule has 10 heavy (non-hydrogen) atoms. The van der Waals surface area contributed by atoms with E-state index in [4.69, 9.17) is 0 Å². The van der Waals surface area contributed by atoms with Crippen molar-refractivity contribution in [1.29, 1.82) is 0 Å². The molecule has 6 heteroatoms. The first-order valence-electron chi connectivity index (χ1n) is 2.02. The van der Waals surface area contributed by atoms with E-state index in [1.165, 1.54) is 0 Å². The predicted molar refractivity (Wildman–Crippen MR) is 22.9 cm³/mol. The Balaban J connectivity index is -0.000000245. The summed E-state index contributed by atoms with van der Waals surface area (Å²) in [5.74, 6) is -2.73. The Bertz CT molecular complexity index is 98.2. The molecule has 0 fully saturated rings. The van der Waals surface area contributed by atoms with Crippen LogP contribution < -0.4 is 39.8 Å². The zero-order chi connectivity index (χ0) is 6.57. The minimum atomic E-state index is -1.37. The molecule has 0 bridgehead atoms. The van der Waals surface area contributed by atoms with Gasteiger partial charge in [0.1, 0.15) is 0 Å². The fraction of sp³-hybridized carbons (Fsp3) is 0.500. The minimum Gasteiger partial charge on any atom is -0.550 e. The van der Waals surface area contributed by atoms with Crippen LogP contribution in [0.15, 0.2) is 0 Å². The van der Waals surface area contributed by atoms with E-state index in [-0.39, 0.29) is 35.0 Å². The zero-order valence-electron chi connectivity index (χ0n) is 5.55. The largest absolute Gasteiger partial charge is 1.00 e. The van der Waals surface area contributed by atoms with Crippen LogP contribution >= 0.6 is 0 Å². The predicted octanol–water partition coefficient (Wildman–Crippen LogP) is -6.55. The Morgan fingerprint density at radius 1 is 1.00 bits per heavy atom. The van der Waals surface area contributed by atoms with Gasteiger partial charge in [-0.15, -0.1) is 0 Å². The molecule has 0 amide bonds. The Morgan fingerprint density at radius 3 is 1.30 bits per heavy atom. The summed E-state index contributed by atoms with van der Waals surface area (Å²) in [6.07, 6.45) is -0.940. The molecular weight excluding hydrogens is 151 g/mol. The normalized spacial score (nSPS) is 6.80. The summed E-state index contributed by atoms with van der Waals surface area (Å²) < 4.78 is 0. The van der Waals surface area contributed by atoms with Crippen LogP contribution in [0.3, 0.4) is 0 Å². The monoisotopic (exact) mass is 157 g/mol. The maximum atomic E-state index is 9.50. The number of aliphatic carboxylic acids is 2. The van der Waals surface area contributed by atoms with Crippen LogP contribution in [0, 0.1) is 0 Å². The van der Waals surface area contributed by atoms with Gasteiger partial charge in [-0.3, -0.25) is 0 Å². The van der Waals surface area contributed by atoms with Gasteiger partial charge in [0, 0.05) is 11.9 Å². The molecule has 0 heterocycles. The molecule has 0 aliphatic heterocycles. The topological polar surface area (TPSA) is 112 Å². The molecule has 0 saturated heterocycles. The van der Waals surface area contributed by atoms with Gasteiger partial charge in [-0.05, 0) is 12.8 Å². The van der Waals surface area contributed by atoms with E-state index in [1.54, 1.807) is 0 Å². The molecule has 0 radical (unpaired) electrons. The maximum absolute atomic E-state index is 9.50. The van der Waals surface area contributed by atoms with Crippen LogP contribution in [0.1, 0.15) is 12.8 Å². The molecule has 5 nitrogen and oxygen atoms in total. The van der Waals surface area contributed by atoms with Gasteiger partial charge in [0.15, 0.2) is 0 Å². The van der Waals surface area contributed by atoms with Gasteiger partial charge in [-0.25, -0.2) is 0 Å². The molecule has 0 aromatic carbocycles. The van der Waals surface area contributed by atoms with Crippen molar-refractivity contribution in [3.8, 4) is 0 Å². The smallest absolute Gasteiger partial charge is 0.550 e. The maximum Gasteiger partial charge on any atom is 1.00 e. The van der Waals surface area contributed by atoms with Crippen molar-refractivity contribution < 1.29 is 54.8 Å². The number of carboxylic acid groups (broad SMARTS) is 2. The van der Waals surface area contributed by atoms with Gasteiger partial charge < -0.3 is 25.3 Å². The zero-order valence-corrected chi connectivity index (χ0v) is 7.55. The molecule has 0 aliphatic rings. The Kier molecular flexibility index (Phi) is 14.7. The average molecular weight is 157 g/mol. The number of hydrogen-bond acceptors (Lipinski definition) is 4. The van der Waals surface area contributed by atoms with Gasteiger partial charge in [0.25, 0.3) is 0 Å². The Labute approximate surface area is 79.6 Å². The second kappa shape index (κ2) is 8.90. The molecule has 0 spiro atoms. The molecule has 0 aromatic heterocycles. The standard InChI is InChI=1S/C4H6O4.Na.H2O/c5-3(6)1-2-4(7)8;;/h1-2H2,(H,5,6)(H,7,8);;1H2/q;+1;/p-2. The molecule has 2 N–H and O–H groups in total. The van der Waals surface area contributed by atoms with Crippen molar-refractivity contribution in [2.75, 3.05) is 0 Å². The number of hydrogen-bond donors (Lipinski definition) is 0. The number of carbonyl (C=O) groups excluding carboxylic acids is 2. The second-order valence-electron chi connectivity index (χ2n) is 1.24. The van der Waals surface area contributed by atoms with Crippen molar-refractivity contribution in [3.05, 3.63) is 0 Å². The fourth-order valence-corrected chi connectivity index (χ4v) is 0.204. The van der Waals surface area contributed by atoms with Gasteiger partial charge in [0.2, 0.25) is 0 Å². The van der Waals surface area contributed by atoms with Crippen LogP contribution in [0.5, 0.6) is 0 Å². The van der Waals surface area contributed by atoms with Crippen molar-refractivity contribution >= 4 is 11.9 Å². The Morgan fingerprint density at radius 2 is 1.20 bits per heavy atom. The third kappa shape index (κ3) is 15.7. The summed E-state index contributed by atoms with van der Waals surface area (Å²) in [6.45, 7) is 0. The Hall–Kier alpha value is -0.100. The fourth-order valence-electron chi connectivity index (χ4n) is 0.204. The van der Waals surface area contributed by atoms with Crippen molar-refractivity contribution in [3.63, 3.8) is 0 Å². The van der Waals surface area contributed by atoms with Gasteiger partial charge in [-0.1, -0.05) is 0 Å². The quantitative estimate of drug-likeness (QED) is 0.379. The molecule has 0 aliphatic carbocycles. The summed E-state index contributed by atoms with van der Waals surface area (Å²) in [5.41, 5.74) is 0.